The van der Waals surface area contributed by atoms with E-state index in [-0.39, 0.29) is 10.8 Å². The van der Waals surface area contributed by atoms with E-state index in [1.165, 1.54) is 17.4 Å². The van der Waals surface area contributed by atoms with Gasteiger partial charge in [-0.15, -0.1) is 11.3 Å². The summed E-state index contributed by atoms with van der Waals surface area (Å²) < 4.78 is 14.7. The Morgan fingerprint density at radius 2 is 2.07 bits per heavy atom. The van der Waals surface area contributed by atoms with E-state index in [4.69, 9.17) is 17.3 Å². The number of Topliss-reactive ketones (excluding diaryl/α,β-unsaturated/α-hetero) is 1. The molecule has 27 heavy (non-hydrogen) atoms. The van der Waals surface area contributed by atoms with Crippen molar-refractivity contribution < 1.29 is 9.18 Å². The van der Waals surface area contributed by atoms with Crippen LogP contribution < -0.4 is 5.73 Å². The highest BCUT2D eigenvalue weighted by molar-refractivity contribution is 7.21. The lowest BCUT2D eigenvalue weighted by molar-refractivity contribution is 0.104. The van der Waals surface area contributed by atoms with Crippen LogP contribution >= 0.6 is 22.9 Å². The first-order valence-corrected chi connectivity index (χ1v) is 9.66. The van der Waals surface area contributed by atoms with Gasteiger partial charge in [0.25, 0.3) is 0 Å². The number of pyridine rings is 1. The van der Waals surface area contributed by atoms with Gasteiger partial charge < -0.3 is 5.73 Å². The topological polar surface area (TPSA) is 56.0 Å². The number of ketones is 1. The molecule has 6 heteroatoms. The summed E-state index contributed by atoms with van der Waals surface area (Å²) in [5.74, 6) is -0.670. The Morgan fingerprint density at radius 1 is 1.26 bits per heavy atom. The Bertz CT molecular complexity index is 1100. The van der Waals surface area contributed by atoms with E-state index < -0.39 is 12.1 Å². The monoisotopic (exact) mass is 398 g/mol. The van der Waals surface area contributed by atoms with E-state index in [0.29, 0.717) is 16.1 Å². The highest BCUT2D eigenvalue weighted by atomic mass is 35.5. The Labute approximate surface area is 165 Å². The van der Waals surface area contributed by atoms with Crippen LogP contribution in [-0.2, 0) is 0 Å². The number of nitrogens with zero attached hydrogens (tertiary/aromatic N) is 1. The van der Waals surface area contributed by atoms with Crippen LogP contribution in [0.15, 0.2) is 65.5 Å². The van der Waals surface area contributed by atoms with Gasteiger partial charge in [-0.05, 0) is 23.8 Å². The molecule has 0 saturated heterocycles. The van der Waals surface area contributed by atoms with Gasteiger partial charge in [-0.2, -0.15) is 0 Å². The van der Waals surface area contributed by atoms with Crippen molar-refractivity contribution in [2.24, 2.45) is 5.92 Å². The number of benzene rings is 1. The minimum atomic E-state index is -1.18. The molecule has 0 amide bonds. The van der Waals surface area contributed by atoms with Crippen molar-refractivity contribution in [3.05, 3.63) is 70.4 Å². The van der Waals surface area contributed by atoms with E-state index in [2.05, 4.69) is 4.98 Å². The van der Waals surface area contributed by atoms with Gasteiger partial charge in [0, 0.05) is 39.5 Å². The summed E-state index contributed by atoms with van der Waals surface area (Å²) in [7, 11) is 0. The molecular formula is C21H16ClFN2OS. The first-order valence-electron chi connectivity index (χ1n) is 8.46. The number of anilines is 1. The van der Waals surface area contributed by atoms with E-state index in [9.17, 15) is 9.18 Å². The molecule has 1 aromatic carbocycles. The number of fused-ring (bicyclic) bond motifs is 1. The van der Waals surface area contributed by atoms with Crippen LogP contribution in [0.2, 0.25) is 0 Å². The number of thiophene rings is 1. The van der Waals surface area contributed by atoms with Gasteiger partial charge >= 0.3 is 0 Å². The summed E-state index contributed by atoms with van der Waals surface area (Å²) in [5, 5.41) is 0.961. The molecule has 3 nitrogen and oxygen atoms in total. The highest BCUT2D eigenvalue weighted by Crippen LogP contribution is 2.39. The minimum absolute atomic E-state index is 0.138. The van der Waals surface area contributed by atoms with Gasteiger partial charge in [0.05, 0.1) is 15.6 Å². The van der Waals surface area contributed by atoms with Crippen molar-refractivity contribution in [1.29, 1.82) is 0 Å². The average molecular weight is 399 g/mol. The molecule has 1 aliphatic rings. The van der Waals surface area contributed by atoms with Crippen LogP contribution in [0.1, 0.15) is 16.6 Å². The summed E-state index contributed by atoms with van der Waals surface area (Å²) in [4.78, 5) is 17.6. The smallest absolute Gasteiger partial charge is 0.206 e. The molecule has 2 unspecified atom stereocenters. The third kappa shape index (κ3) is 3.17. The fraction of sp³-hybridized carbons (Fsp3) is 0.143. The number of halogens is 2. The zero-order valence-electron chi connectivity index (χ0n) is 14.4. The Hall–Kier alpha value is -2.50. The quantitative estimate of drug-likeness (QED) is 0.570. The largest absolute Gasteiger partial charge is 0.397 e. The Balaban J connectivity index is 1.77. The number of aromatic nitrogens is 1. The standard InChI is InChI=1S/C21H16ClFN2OS/c1-11-7-15(16(22)9-17(11)23)20(26)21-19(24)14-5-4-12(8-18(14)27-21)13-3-2-6-25-10-13/h2-11,17H,24H2,1H3. The second-order valence-corrected chi connectivity index (χ2v) is 7.98. The van der Waals surface area contributed by atoms with E-state index in [1.54, 1.807) is 25.4 Å². The molecule has 136 valence electrons. The molecule has 2 atom stereocenters. The normalized spacial score (nSPS) is 19.7. The molecule has 4 rings (SSSR count). The number of nitrogen functional groups attached to an aromatic ring is 1. The van der Waals surface area contributed by atoms with E-state index in [1.807, 2.05) is 30.3 Å². The van der Waals surface area contributed by atoms with Crippen LogP contribution in [0, 0.1) is 5.92 Å². The first kappa shape index (κ1) is 17.9. The predicted octanol–water partition coefficient (Wildman–Crippen LogP) is 5.77. The summed E-state index contributed by atoms with van der Waals surface area (Å²) in [6.45, 7) is 1.71. The summed E-state index contributed by atoms with van der Waals surface area (Å²) >= 11 is 7.46. The number of hydrogen-bond acceptors (Lipinski definition) is 4. The number of allylic oxidation sites excluding steroid dienone is 4. The zero-order chi connectivity index (χ0) is 19.1. The second-order valence-electron chi connectivity index (χ2n) is 6.53. The van der Waals surface area contributed by atoms with Gasteiger partial charge in [-0.3, -0.25) is 9.78 Å². The van der Waals surface area contributed by atoms with Gasteiger partial charge in [0.15, 0.2) is 0 Å². The Kier molecular flexibility index (Phi) is 4.58. The summed E-state index contributed by atoms with van der Waals surface area (Å²) in [6, 6.07) is 9.72. The number of hydrogen-bond donors (Lipinski definition) is 1. The molecule has 0 radical (unpaired) electrons. The molecule has 2 aromatic heterocycles. The van der Waals surface area contributed by atoms with Crippen LogP contribution in [0.3, 0.4) is 0 Å². The van der Waals surface area contributed by atoms with Gasteiger partial charge in [0.2, 0.25) is 5.78 Å². The number of nitrogens with two attached hydrogens (primary N) is 1. The lowest BCUT2D eigenvalue weighted by Gasteiger charge is -2.18. The first-order chi connectivity index (χ1) is 13.0. The third-order valence-electron chi connectivity index (χ3n) is 4.67. The van der Waals surface area contributed by atoms with Crippen molar-refractivity contribution in [2.45, 2.75) is 13.1 Å². The lowest BCUT2D eigenvalue weighted by Crippen LogP contribution is -2.17. The summed E-state index contributed by atoms with van der Waals surface area (Å²) in [5.41, 5.74) is 8.98. The van der Waals surface area contributed by atoms with Gasteiger partial charge in [0.1, 0.15) is 6.17 Å². The van der Waals surface area contributed by atoms with E-state index >= 15 is 0 Å². The van der Waals surface area contributed by atoms with Gasteiger partial charge in [-0.25, -0.2) is 4.39 Å². The molecular weight excluding hydrogens is 383 g/mol. The fourth-order valence-corrected chi connectivity index (χ4v) is 4.51. The van der Waals surface area contributed by atoms with Crippen LogP contribution in [0.25, 0.3) is 21.2 Å². The molecule has 0 spiro atoms. The van der Waals surface area contributed by atoms with Crippen LogP contribution in [-0.4, -0.2) is 16.9 Å². The minimum Gasteiger partial charge on any atom is -0.397 e. The number of alkyl halides is 1. The number of rotatable bonds is 3. The zero-order valence-corrected chi connectivity index (χ0v) is 16.0. The molecule has 0 bridgehead atoms. The predicted molar refractivity (Wildman–Crippen MR) is 110 cm³/mol. The lowest BCUT2D eigenvalue weighted by atomic mass is 9.93. The second kappa shape index (κ2) is 6.91. The third-order valence-corrected chi connectivity index (χ3v) is 6.17. The Morgan fingerprint density at radius 3 is 2.81 bits per heavy atom. The SMILES string of the molecule is CC1C=C(C(=O)c2sc3cc(-c4cccnc4)ccc3c2N)C(Cl)=CC1F. The molecule has 1 aliphatic carbocycles. The van der Waals surface area contributed by atoms with E-state index in [0.717, 1.165) is 21.2 Å². The molecule has 3 aromatic rings. The highest BCUT2D eigenvalue weighted by Gasteiger charge is 2.27. The molecule has 2 heterocycles. The summed E-state index contributed by atoms with van der Waals surface area (Å²) in [6.07, 6.45) is 5.19. The van der Waals surface area contributed by atoms with Crippen molar-refractivity contribution in [3.8, 4) is 11.1 Å². The van der Waals surface area contributed by atoms with Crippen molar-refractivity contribution >= 4 is 44.5 Å². The van der Waals surface area contributed by atoms with Crippen molar-refractivity contribution in [2.75, 3.05) is 5.73 Å². The maximum Gasteiger partial charge on any atom is 0.206 e. The maximum absolute atomic E-state index is 13.8. The molecule has 2 N–H and O–H groups in total. The average Bonchev–Trinajstić information content (AvgIpc) is 3.01. The molecule has 0 fully saturated rings. The molecule has 0 saturated carbocycles. The maximum atomic E-state index is 13.8. The number of carbonyl (C=O) groups excluding carboxylic acids is 1. The number of carbonyl (C=O) groups is 1. The fourth-order valence-electron chi connectivity index (χ4n) is 3.12. The van der Waals surface area contributed by atoms with Crippen LogP contribution in [0.5, 0.6) is 0 Å². The molecule has 0 aliphatic heterocycles. The van der Waals surface area contributed by atoms with Crippen molar-refractivity contribution in [3.63, 3.8) is 0 Å². The van der Waals surface area contributed by atoms with Crippen molar-refractivity contribution in [1.82, 2.24) is 4.98 Å². The van der Waals surface area contributed by atoms with Gasteiger partial charge in [-0.1, -0.05) is 42.8 Å². The van der Waals surface area contributed by atoms with Crippen LogP contribution in [0.4, 0.5) is 10.1 Å².